The van der Waals surface area contributed by atoms with E-state index in [4.69, 9.17) is 0 Å². The van der Waals surface area contributed by atoms with Crippen LogP contribution in [0.1, 0.15) is 47.0 Å². The summed E-state index contributed by atoms with van der Waals surface area (Å²) in [4.78, 5) is 5.12. The number of rotatable bonds is 4. The van der Waals surface area contributed by atoms with Crippen molar-refractivity contribution in [3.8, 4) is 0 Å². The van der Waals surface area contributed by atoms with Crippen molar-refractivity contribution in [2.45, 2.75) is 47.0 Å². The molecule has 18 heavy (non-hydrogen) atoms. The van der Waals surface area contributed by atoms with Crippen molar-refractivity contribution in [1.82, 2.24) is 9.80 Å². The minimum Gasteiger partial charge on any atom is -0.306 e. The quantitative estimate of drug-likeness (QED) is 0.759. The highest BCUT2D eigenvalue weighted by atomic mass is 15.2. The Morgan fingerprint density at radius 3 is 2.06 bits per heavy atom. The second-order valence-corrected chi connectivity index (χ2v) is 6.30. The van der Waals surface area contributed by atoms with E-state index in [0.717, 1.165) is 17.8 Å². The molecule has 0 radical (unpaired) electrons. The summed E-state index contributed by atoms with van der Waals surface area (Å²) in [7, 11) is 2.23. The van der Waals surface area contributed by atoms with Crippen LogP contribution in [-0.2, 0) is 0 Å². The molecule has 2 rings (SSSR count). The summed E-state index contributed by atoms with van der Waals surface area (Å²) in [6, 6.07) is 0. The molecule has 0 N–H and O–H groups in total. The molecule has 2 aliphatic heterocycles. The Hall–Kier alpha value is -0.0800. The Labute approximate surface area is 115 Å². The Bertz CT molecular complexity index is 201. The normalized spacial score (nSPS) is 23.7. The highest BCUT2D eigenvalue weighted by Gasteiger charge is 2.25. The summed E-state index contributed by atoms with van der Waals surface area (Å²) in [6.07, 6.45) is 4.29. The average molecular weight is 254 g/mol. The lowest BCUT2D eigenvalue weighted by Crippen LogP contribution is -2.45. The van der Waals surface area contributed by atoms with Crippen molar-refractivity contribution < 1.29 is 0 Å². The Morgan fingerprint density at radius 1 is 1.06 bits per heavy atom. The topological polar surface area (TPSA) is 6.48 Å². The Kier molecular flexibility index (Phi) is 7.25. The van der Waals surface area contributed by atoms with E-state index in [-0.39, 0.29) is 0 Å². The molecule has 0 amide bonds. The molecule has 2 heteroatoms. The highest BCUT2D eigenvalue weighted by Crippen LogP contribution is 2.25. The van der Waals surface area contributed by atoms with E-state index in [9.17, 15) is 0 Å². The molecule has 0 bridgehead atoms. The summed E-state index contributed by atoms with van der Waals surface area (Å²) >= 11 is 0. The summed E-state index contributed by atoms with van der Waals surface area (Å²) in [5.41, 5.74) is 0. The molecule has 2 saturated heterocycles. The van der Waals surface area contributed by atoms with Gasteiger partial charge in [0.2, 0.25) is 0 Å². The van der Waals surface area contributed by atoms with E-state index in [0.29, 0.717) is 0 Å². The SMILES string of the molecule is CC.CC(C)C1CCN(CCC2CN(C)C2)CC1. The molecule has 0 spiro atoms. The molecule has 0 aromatic heterocycles. The molecule has 0 aromatic rings. The fourth-order valence-electron chi connectivity index (χ4n) is 3.22. The zero-order chi connectivity index (χ0) is 13.5. The van der Waals surface area contributed by atoms with Gasteiger partial charge in [-0.1, -0.05) is 27.7 Å². The number of hydrogen-bond acceptors (Lipinski definition) is 2. The van der Waals surface area contributed by atoms with Crippen LogP contribution in [0.4, 0.5) is 0 Å². The lowest BCUT2D eigenvalue weighted by atomic mass is 9.86. The number of likely N-dealkylation sites (tertiary alicyclic amines) is 2. The summed E-state index contributed by atoms with van der Waals surface area (Å²) in [5.74, 6) is 2.88. The first-order valence-corrected chi connectivity index (χ1v) is 8.06. The van der Waals surface area contributed by atoms with E-state index in [2.05, 4.69) is 30.7 Å². The maximum absolute atomic E-state index is 2.69. The van der Waals surface area contributed by atoms with Crippen molar-refractivity contribution in [2.24, 2.45) is 17.8 Å². The van der Waals surface area contributed by atoms with Gasteiger partial charge < -0.3 is 9.80 Å². The van der Waals surface area contributed by atoms with E-state index in [1.807, 2.05) is 13.8 Å². The Balaban J connectivity index is 0.000000771. The molecule has 2 heterocycles. The minimum absolute atomic E-state index is 0.891. The third-order valence-electron chi connectivity index (χ3n) is 4.57. The molecular weight excluding hydrogens is 220 g/mol. The molecular formula is C16H34N2. The van der Waals surface area contributed by atoms with Crippen LogP contribution in [0, 0.1) is 17.8 Å². The highest BCUT2D eigenvalue weighted by molar-refractivity contribution is 4.79. The zero-order valence-electron chi connectivity index (χ0n) is 13.3. The van der Waals surface area contributed by atoms with Gasteiger partial charge in [0, 0.05) is 13.1 Å². The lowest BCUT2D eigenvalue weighted by Gasteiger charge is -2.39. The molecule has 0 atom stereocenters. The smallest absolute Gasteiger partial charge is 0.00194 e. The van der Waals surface area contributed by atoms with Gasteiger partial charge in [-0.2, -0.15) is 0 Å². The first kappa shape index (κ1) is 16.0. The largest absolute Gasteiger partial charge is 0.306 e. The fourth-order valence-corrected chi connectivity index (χ4v) is 3.22. The number of hydrogen-bond donors (Lipinski definition) is 0. The molecule has 0 saturated carbocycles. The van der Waals surface area contributed by atoms with Crippen LogP contribution in [0.2, 0.25) is 0 Å². The van der Waals surface area contributed by atoms with E-state index in [1.54, 1.807) is 0 Å². The second-order valence-electron chi connectivity index (χ2n) is 6.30. The fraction of sp³-hybridized carbons (Fsp3) is 1.00. The third kappa shape index (κ3) is 4.89. The molecule has 2 fully saturated rings. The molecule has 2 nitrogen and oxygen atoms in total. The van der Waals surface area contributed by atoms with Crippen LogP contribution in [0.3, 0.4) is 0 Å². The van der Waals surface area contributed by atoms with Gasteiger partial charge in [-0.05, 0) is 63.7 Å². The molecule has 2 aliphatic rings. The van der Waals surface area contributed by atoms with E-state index < -0.39 is 0 Å². The predicted molar refractivity (Wildman–Crippen MR) is 81.0 cm³/mol. The van der Waals surface area contributed by atoms with Crippen molar-refractivity contribution in [3.05, 3.63) is 0 Å². The van der Waals surface area contributed by atoms with E-state index >= 15 is 0 Å². The lowest BCUT2D eigenvalue weighted by molar-refractivity contribution is 0.0975. The summed E-state index contributed by atoms with van der Waals surface area (Å²) in [6.45, 7) is 15.5. The first-order chi connectivity index (χ1) is 8.65. The van der Waals surface area contributed by atoms with Crippen molar-refractivity contribution in [2.75, 3.05) is 39.8 Å². The molecule has 0 aromatic carbocycles. The van der Waals surface area contributed by atoms with Gasteiger partial charge >= 0.3 is 0 Å². The van der Waals surface area contributed by atoms with Crippen molar-refractivity contribution in [1.29, 1.82) is 0 Å². The third-order valence-corrected chi connectivity index (χ3v) is 4.57. The van der Waals surface area contributed by atoms with Gasteiger partial charge in [-0.25, -0.2) is 0 Å². The van der Waals surface area contributed by atoms with E-state index in [1.165, 1.54) is 52.0 Å². The van der Waals surface area contributed by atoms with Crippen LogP contribution < -0.4 is 0 Å². The van der Waals surface area contributed by atoms with Gasteiger partial charge in [0.25, 0.3) is 0 Å². The van der Waals surface area contributed by atoms with Gasteiger partial charge in [-0.15, -0.1) is 0 Å². The number of piperidine rings is 1. The van der Waals surface area contributed by atoms with Crippen LogP contribution in [0.5, 0.6) is 0 Å². The summed E-state index contributed by atoms with van der Waals surface area (Å²) < 4.78 is 0. The first-order valence-electron chi connectivity index (χ1n) is 8.06. The van der Waals surface area contributed by atoms with Crippen LogP contribution in [0.15, 0.2) is 0 Å². The van der Waals surface area contributed by atoms with Crippen molar-refractivity contribution >= 4 is 0 Å². The average Bonchev–Trinajstić information content (AvgIpc) is 2.36. The van der Waals surface area contributed by atoms with Gasteiger partial charge in [-0.3, -0.25) is 0 Å². The van der Waals surface area contributed by atoms with Crippen LogP contribution in [-0.4, -0.2) is 49.6 Å². The standard InChI is InChI=1S/C14H28N2.C2H6/c1-12(2)14-5-8-16(9-6-14)7-4-13-10-15(3)11-13;1-2/h12-14H,4-11H2,1-3H3;1-2H3. The minimum atomic E-state index is 0.891. The van der Waals surface area contributed by atoms with Gasteiger partial charge in [0.05, 0.1) is 0 Å². The maximum atomic E-state index is 2.69. The van der Waals surface area contributed by atoms with Crippen molar-refractivity contribution in [3.63, 3.8) is 0 Å². The predicted octanol–water partition coefficient (Wildman–Crippen LogP) is 3.33. The van der Waals surface area contributed by atoms with Gasteiger partial charge in [0.1, 0.15) is 0 Å². The van der Waals surface area contributed by atoms with Gasteiger partial charge in [0.15, 0.2) is 0 Å². The molecule has 0 unspecified atom stereocenters. The number of nitrogens with zero attached hydrogens (tertiary/aromatic N) is 2. The van der Waals surface area contributed by atoms with Crippen LogP contribution in [0.25, 0.3) is 0 Å². The van der Waals surface area contributed by atoms with Crippen LogP contribution >= 0.6 is 0 Å². The summed E-state index contributed by atoms with van der Waals surface area (Å²) in [5, 5.41) is 0. The zero-order valence-corrected chi connectivity index (χ0v) is 13.3. The molecule has 0 aliphatic carbocycles. The Morgan fingerprint density at radius 2 is 1.61 bits per heavy atom. The maximum Gasteiger partial charge on any atom is 0.00194 e. The molecule has 108 valence electrons. The second kappa shape index (κ2) is 8.16. The monoisotopic (exact) mass is 254 g/mol.